The molecule has 0 spiro atoms. The normalized spacial score (nSPS) is 27.3. The molecular formula is C24H30N6O4S. The number of thiazole rings is 1. The van der Waals surface area contributed by atoms with Crippen molar-refractivity contribution in [2.24, 2.45) is 5.92 Å². The Morgan fingerprint density at radius 2 is 1.94 bits per heavy atom. The van der Waals surface area contributed by atoms with Gasteiger partial charge in [-0.2, -0.15) is 4.98 Å². The molecule has 10 nitrogen and oxygen atoms in total. The summed E-state index contributed by atoms with van der Waals surface area (Å²) in [6.45, 7) is 2.05. The van der Waals surface area contributed by atoms with Gasteiger partial charge < -0.3 is 31.1 Å². The van der Waals surface area contributed by atoms with Gasteiger partial charge in [0.25, 0.3) is 0 Å². The quantitative estimate of drug-likeness (QED) is 0.271. The Morgan fingerprint density at radius 3 is 2.63 bits per heavy atom. The average molecular weight is 499 g/mol. The van der Waals surface area contributed by atoms with Gasteiger partial charge in [0, 0.05) is 31.2 Å². The van der Waals surface area contributed by atoms with Crippen molar-refractivity contribution in [2.45, 2.75) is 68.8 Å². The van der Waals surface area contributed by atoms with Crippen molar-refractivity contribution in [3.63, 3.8) is 0 Å². The largest absolute Gasteiger partial charge is 0.396 e. The van der Waals surface area contributed by atoms with Gasteiger partial charge in [0.1, 0.15) is 22.4 Å². The van der Waals surface area contributed by atoms with E-state index in [1.54, 1.807) is 11.3 Å². The number of aromatic nitrogens is 4. The Hall–Kier alpha value is -2.44. The molecule has 3 aromatic rings. The Kier molecular flexibility index (Phi) is 5.65. The van der Waals surface area contributed by atoms with Crippen LogP contribution in [0.4, 0.5) is 11.8 Å². The molecule has 6 rings (SSSR count). The maximum Gasteiger partial charge on any atom is 0.225 e. The van der Waals surface area contributed by atoms with Gasteiger partial charge in [0.2, 0.25) is 5.95 Å². The van der Waals surface area contributed by atoms with Crippen LogP contribution in [0.25, 0.3) is 20.8 Å². The number of nitrogens with zero attached hydrogens (tertiary/aromatic N) is 4. The minimum absolute atomic E-state index is 0.202. The molecule has 0 unspecified atom stereocenters. The monoisotopic (exact) mass is 498 g/mol. The highest BCUT2D eigenvalue weighted by molar-refractivity contribution is 7.21. The molecule has 6 N–H and O–H groups in total. The lowest BCUT2D eigenvalue weighted by molar-refractivity contribution is 0.00446. The molecule has 0 saturated heterocycles. The first kappa shape index (κ1) is 23.0. The number of anilines is 2. The van der Waals surface area contributed by atoms with Crippen molar-refractivity contribution < 1.29 is 20.4 Å². The number of aliphatic hydroxyl groups excluding tert-OH is 3. The summed E-state index contributed by atoms with van der Waals surface area (Å²) in [5, 5.41) is 48.0. The number of aryl methyl sites for hydroxylation is 1. The molecule has 3 aromatic heterocycles. The van der Waals surface area contributed by atoms with Crippen LogP contribution in [0, 0.1) is 12.8 Å². The van der Waals surface area contributed by atoms with Crippen LogP contribution in [0.2, 0.25) is 0 Å². The van der Waals surface area contributed by atoms with Crippen molar-refractivity contribution in [1.82, 2.24) is 19.9 Å². The zero-order valence-corrected chi connectivity index (χ0v) is 20.3. The van der Waals surface area contributed by atoms with E-state index >= 15 is 0 Å². The van der Waals surface area contributed by atoms with E-state index in [-0.39, 0.29) is 6.61 Å². The lowest BCUT2D eigenvalue weighted by atomic mass is 10.1. The first-order valence-electron chi connectivity index (χ1n) is 12.2. The van der Waals surface area contributed by atoms with Crippen molar-refractivity contribution in [3.05, 3.63) is 23.7 Å². The summed E-state index contributed by atoms with van der Waals surface area (Å²) in [5.41, 5.74) is 2.68. The molecule has 0 amide bonds. The second-order valence-corrected chi connectivity index (χ2v) is 11.2. The van der Waals surface area contributed by atoms with Gasteiger partial charge >= 0.3 is 0 Å². The first-order chi connectivity index (χ1) is 16.8. The third-order valence-corrected chi connectivity index (χ3v) is 8.40. The van der Waals surface area contributed by atoms with Crippen LogP contribution >= 0.6 is 11.3 Å². The lowest BCUT2D eigenvalue weighted by Crippen LogP contribution is -2.36. The fraction of sp³-hybridized carbons (Fsp3) is 0.583. The maximum absolute atomic E-state index is 10.6. The molecule has 3 fully saturated rings. The van der Waals surface area contributed by atoms with E-state index in [2.05, 4.69) is 20.6 Å². The summed E-state index contributed by atoms with van der Waals surface area (Å²) in [7, 11) is 0. The highest BCUT2D eigenvalue weighted by atomic mass is 32.1. The predicted molar refractivity (Wildman–Crippen MR) is 132 cm³/mol. The van der Waals surface area contributed by atoms with Crippen molar-refractivity contribution in [3.8, 4) is 10.6 Å². The molecule has 3 aliphatic carbocycles. The SMILES string of the molecule is Cc1nc(NCC2(O)CC2)nc(N[C@@H]2C[C@H](CO)[C@@H](O)[C@H]2O)c1-c1nc2c(C3CC3)nccc2s1. The summed E-state index contributed by atoms with van der Waals surface area (Å²) < 4.78 is 1.05. The number of rotatable bonds is 8. The van der Waals surface area contributed by atoms with Crippen LogP contribution in [0.1, 0.15) is 49.4 Å². The van der Waals surface area contributed by atoms with E-state index in [9.17, 15) is 20.4 Å². The Morgan fingerprint density at radius 1 is 1.14 bits per heavy atom. The number of hydrogen-bond donors (Lipinski definition) is 6. The summed E-state index contributed by atoms with van der Waals surface area (Å²) in [6, 6.07) is 1.48. The zero-order chi connectivity index (χ0) is 24.3. The Labute approximate surface area is 206 Å². The summed E-state index contributed by atoms with van der Waals surface area (Å²) in [4.78, 5) is 18.9. The van der Waals surface area contributed by atoms with Gasteiger partial charge in [0.05, 0.1) is 39.4 Å². The zero-order valence-electron chi connectivity index (χ0n) is 19.5. The highest BCUT2D eigenvalue weighted by Gasteiger charge is 2.42. The molecule has 3 heterocycles. The Bertz CT molecular complexity index is 1260. The van der Waals surface area contributed by atoms with Gasteiger partial charge in [-0.25, -0.2) is 9.97 Å². The average Bonchev–Trinajstić information content (AvgIpc) is 3.75. The van der Waals surface area contributed by atoms with E-state index in [4.69, 9.17) is 9.97 Å². The third kappa shape index (κ3) is 4.36. The Balaban J connectivity index is 1.39. The van der Waals surface area contributed by atoms with Gasteiger partial charge in [-0.1, -0.05) is 0 Å². The van der Waals surface area contributed by atoms with Gasteiger partial charge in [-0.3, -0.25) is 4.98 Å². The fourth-order valence-corrected chi connectivity index (χ4v) is 5.91. The van der Waals surface area contributed by atoms with Crippen molar-refractivity contribution in [1.29, 1.82) is 0 Å². The van der Waals surface area contributed by atoms with Gasteiger partial charge in [-0.15, -0.1) is 11.3 Å². The van der Waals surface area contributed by atoms with Crippen LogP contribution in [-0.2, 0) is 0 Å². The molecule has 0 aromatic carbocycles. The van der Waals surface area contributed by atoms with E-state index in [0.717, 1.165) is 52.2 Å². The van der Waals surface area contributed by atoms with Gasteiger partial charge in [-0.05, 0) is 45.1 Å². The molecule has 11 heteroatoms. The minimum Gasteiger partial charge on any atom is -0.396 e. The fourth-order valence-electron chi connectivity index (χ4n) is 4.84. The van der Waals surface area contributed by atoms with Gasteiger partial charge in [0.15, 0.2) is 0 Å². The molecule has 0 bridgehead atoms. The van der Waals surface area contributed by atoms with Crippen LogP contribution in [0.15, 0.2) is 12.3 Å². The third-order valence-electron chi connectivity index (χ3n) is 7.36. The number of pyridine rings is 1. The number of nitrogens with one attached hydrogen (secondary N) is 2. The minimum atomic E-state index is -1.04. The van der Waals surface area contributed by atoms with E-state index in [1.165, 1.54) is 0 Å². The molecule has 0 aliphatic heterocycles. The second kappa shape index (κ2) is 8.59. The van der Waals surface area contributed by atoms with Crippen LogP contribution in [-0.4, -0.2) is 77.4 Å². The maximum atomic E-state index is 10.6. The molecule has 4 atom stereocenters. The number of fused-ring (bicyclic) bond motifs is 1. The highest BCUT2D eigenvalue weighted by Crippen LogP contribution is 2.44. The molecule has 35 heavy (non-hydrogen) atoms. The molecule has 0 radical (unpaired) electrons. The van der Waals surface area contributed by atoms with E-state index in [1.807, 2.05) is 19.2 Å². The summed E-state index contributed by atoms with van der Waals surface area (Å²) >= 11 is 1.55. The lowest BCUT2D eigenvalue weighted by Gasteiger charge is -2.21. The summed E-state index contributed by atoms with van der Waals surface area (Å²) in [6.07, 6.45) is 3.95. The topological polar surface area (TPSA) is 157 Å². The molecular weight excluding hydrogens is 468 g/mol. The predicted octanol–water partition coefficient (Wildman–Crippen LogP) is 1.79. The molecule has 3 saturated carbocycles. The smallest absolute Gasteiger partial charge is 0.225 e. The number of hydrogen-bond acceptors (Lipinski definition) is 11. The van der Waals surface area contributed by atoms with Crippen molar-refractivity contribution >= 4 is 33.3 Å². The number of aliphatic hydroxyl groups is 4. The first-order valence-corrected chi connectivity index (χ1v) is 13.0. The second-order valence-electron chi connectivity index (χ2n) is 10.2. The van der Waals surface area contributed by atoms with Crippen LogP contribution < -0.4 is 10.6 Å². The summed E-state index contributed by atoms with van der Waals surface area (Å²) in [5.74, 6) is 0.930. The molecule has 186 valence electrons. The molecule has 3 aliphatic rings. The van der Waals surface area contributed by atoms with Crippen molar-refractivity contribution in [2.75, 3.05) is 23.8 Å². The van der Waals surface area contributed by atoms with E-state index < -0.39 is 29.8 Å². The van der Waals surface area contributed by atoms with E-state index in [0.29, 0.717) is 36.3 Å². The van der Waals surface area contributed by atoms with Crippen LogP contribution in [0.5, 0.6) is 0 Å². The van der Waals surface area contributed by atoms with Crippen LogP contribution in [0.3, 0.4) is 0 Å². The standard InChI is InChI=1S/C24H30N6O4S/c1-11-16(22-29-18-15(35-22)4-7-25-17(18)12-2-3-12)21(28-14-8-13(9-31)19(32)20(14)33)30-23(27-11)26-10-24(34)5-6-24/h4,7,12-14,19-20,31-34H,2-3,5-6,8-10H2,1H3,(H2,26,27,28,30)/t13-,14-,19-,20+/m1/s1.